The molecular formula is C24H23N5O5S. The van der Waals surface area contributed by atoms with E-state index in [1.807, 2.05) is 44.2 Å². The van der Waals surface area contributed by atoms with Gasteiger partial charge >= 0.3 is 11.9 Å². The van der Waals surface area contributed by atoms with E-state index in [0.717, 1.165) is 21.8 Å². The molecule has 4 rings (SSSR count). The lowest BCUT2D eigenvalue weighted by Crippen LogP contribution is -2.22. The van der Waals surface area contributed by atoms with Crippen molar-refractivity contribution in [3.05, 3.63) is 64.7 Å². The van der Waals surface area contributed by atoms with Crippen LogP contribution in [0.4, 0.5) is 5.00 Å². The van der Waals surface area contributed by atoms with Crippen LogP contribution in [0, 0.1) is 20.8 Å². The number of hydrogen-bond donors (Lipinski definition) is 1. The van der Waals surface area contributed by atoms with Gasteiger partial charge in [-0.15, -0.1) is 16.4 Å². The summed E-state index contributed by atoms with van der Waals surface area (Å²) in [6.45, 7) is 6.74. The average Bonchev–Trinajstić information content (AvgIpc) is 3.39. The van der Waals surface area contributed by atoms with Gasteiger partial charge in [0, 0.05) is 16.3 Å². The summed E-state index contributed by atoms with van der Waals surface area (Å²) < 4.78 is 11.7. The highest BCUT2D eigenvalue weighted by molar-refractivity contribution is 7.20. The molecule has 1 N–H and O–H groups in total. The number of fused-ring (bicyclic) bond motifs is 1. The van der Waals surface area contributed by atoms with Crippen LogP contribution in [0.1, 0.15) is 44.9 Å². The van der Waals surface area contributed by atoms with Crippen LogP contribution < -0.4 is 5.32 Å². The number of esters is 2. The molecule has 4 aromatic rings. The number of ether oxygens (including phenoxy) is 2. The molecule has 0 radical (unpaired) electrons. The van der Waals surface area contributed by atoms with E-state index >= 15 is 0 Å². The molecule has 10 nitrogen and oxygen atoms in total. The van der Waals surface area contributed by atoms with E-state index in [1.165, 1.54) is 15.9 Å². The summed E-state index contributed by atoms with van der Waals surface area (Å²) in [6, 6.07) is 11.3. The van der Waals surface area contributed by atoms with Gasteiger partial charge in [0.15, 0.2) is 6.61 Å². The van der Waals surface area contributed by atoms with Crippen molar-refractivity contribution in [2.24, 2.45) is 0 Å². The summed E-state index contributed by atoms with van der Waals surface area (Å²) in [5.74, 6) is -1.95. The number of benzene rings is 1. The maximum absolute atomic E-state index is 12.6. The summed E-state index contributed by atoms with van der Waals surface area (Å²) in [6.07, 6.45) is 0. The van der Waals surface area contributed by atoms with E-state index in [9.17, 15) is 14.4 Å². The molecule has 0 spiro atoms. The Morgan fingerprint density at radius 3 is 2.49 bits per heavy atom. The fraction of sp³-hybridized carbons (Fsp3) is 0.250. The zero-order chi connectivity index (χ0) is 25.1. The molecule has 180 valence electrons. The Morgan fingerprint density at radius 2 is 1.77 bits per heavy atom. The van der Waals surface area contributed by atoms with Crippen molar-refractivity contribution in [2.75, 3.05) is 18.5 Å². The lowest BCUT2D eigenvalue weighted by atomic mass is 10.1. The maximum Gasteiger partial charge on any atom is 0.378 e. The Morgan fingerprint density at radius 1 is 1.03 bits per heavy atom. The van der Waals surface area contributed by atoms with Crippen molar-refractivity contribution < 1.29 is 23.9 Å². The van der Waals surface area contributed by atoms with Crippen LogP contribution in [0.25, 0.3) is 16.2 Å². The molecule has 1 amide bonds. The zero-order valence-corrected chi connectivity index (χ0v) is 20.4. The maximum atomic E-state index is 12.6. The van der Waals surface area contributed by atoms with Gasteiger partial charge in [0.2, 0.25) is 0 Å². The second-order valence-corrected chi connectivity index (χ2v) is 8.68. The number of nitrogens with zero attached hydrogens (tertiary/aromatic N) is 4. The monoisotopic (exact) mass is 493 g/mol. The molecule has 0 aliphatic rings. The Kier molecular flexibility index (Phi) is 6.87. The normalized spacial score (nSPS) is 10.9. The van der Waals surface area contributed by atoms with Gasteiger partial charge in [-0.1, -0.05) is 30.3 Å². The van der Waals surface area contributed by atoms with Crippen molar-refractivity contribution in [2.45, 2.75) is 27.7 Å². The van der Waals surface area contributed by atoms with Gasteiger partial charge < -0.3 is 14.8 Å². The molecule has 0 unspecified atom stereocenters. The van der Waals surface area contributed by atoms with Crippen molar-refractivity contribution >= 4 is 40.0 Å². The largest absolute Gasteiger partial charge is 0.462 e. The molecule has 0 saturated carbocycles. The summed E-state index contributed by atoms with van der Waals surface area (Å²) in [7, 11) is 0. The summed E-state index contributed by atoms with van der Waals surface area (Å²) in [5.41, 5.74) is 3.36. The van der Waals surface area contributed by atoms with Gasteiger partial charge in [0.25, 0.3) is 17.5 Å². The van der Waals surface area contributed by atoms with Gasteiger partial charge in [-0.25, -0.2) is 19.1 Å². The van der Waals surface area contributed by atoms with E-state index in [-0.39, 0.29) is 23.8 Å². The van der Waals surface area contributed by atoms with Gasteiger partial charge in [-0.3, -0.25) is 4.79 Å². The third-order valence-corrected chi connectivity index (χ3v) is 6.31. The number of aryl methyl sites for hydroxylation is 2. The number of aromatic nitrogens is 4. The van der Waals surface area contributed by atoms with Gasteiger partial charge in [0.1, 0.15) is 5.00 Å². The van der Waals surface area contributed by atoms with E-state index in [4.69, 9.17) is 9.47 Å². The molecule has 1 aromatic carbocycles. The minimum atomic E-state index is -0.861. The van der Waals surface area contributed by atoms with Crippen LogP contribution in [-0.2, 0) is 14.3 Å². The highest BCUT2D eigenvalue weighted by atomic mass is 32.1. The zero-order valence-electron chi connectivity index (χ0n) is 19.6. The van der Waals surface area contributed by atoms with E-state index < -0.39 is 24.5 Å². The molecule has 0 fully saturated rings. The number of hydrogen-bond acceptors (Lipinski definition) is 9. The van der Waals surface area contributed by atoms with E-state index in [1.54, 1.807) is 19.9 Å². The lowest BCUT2D eigenvalue weighted by molar-refractivity contribution is -0.119. The van der Waals surface area contributed by atoms with E-state index in [2.05, 4.69) is 20.4 Å². The standard InChI is InChI=1S/C24H23N5O5S/c1-5-33-22(31)18-15(4)19(16-9-7-6-8-10-16)35-21(18)26-17(30)12-34-23(32)20-27-24-25-13(2)11-14(3)29(24)28-20/h6-11H,5,12H2,1-4H3,(H,26,30). The summed E-state index contributed by atoms with van der Waals surface area (Å²) >= 11 is 1.25. The van der Waals surface area contributed by atoms with Gasteiger partial charge in [0.05, 0.1) is 12.2 Å². The fourth-order valence-corrected chi connectivity index (χ4v) is 4.74. The fourth-order valence-electron chi connectivity index (χ4n) is 3.53. The Hall–Kier alpha value is -4.12. The quantitative estimate of drug-likeness (QED) is 0.386. The molecule has 35 heavy (non-hydrogen) atoms. The molecule has 0 aliphatic carbocycles. The minimum absolute atomic E-state index is 0.194. The van der Waals surface area contributed by atoms with Gasteiger partial charge in [-0.2, -0.15) is 4.98 Å². The highest BCUT2D eigenvalue weighted by Gasteiger charge is 2.25. The Labute approximate surface area is 204 Å². The second-order valence-electron chi connectivity index (χ2n) is 7.66. The molecule has 3 aromatic heterocycles. The SMILES string of the molecule is CCOC(=O)c1c(NC(=O)COC(=O)c2nc3nc(C)cc(C)n3n2)sc(-c2ccccc2)c1C. The molecule has 0 bridgehead atoms. The summed E-state index contributed by atoms with van der Waals surface area (Å²) in [5, 5.41) is 7.09. The number of nitrogens with one attached hydrogen (secondary N) is 1. The highest BCUT2D eigenvalue weighted by Crippen LogP contribution is 2.40. The first-order chi connectivity index (χ1) is 16.8. The second kappa shape index (κ2) is 10.0. The number of thiophene rings is 1. The molecular weight excluding hydrogens is 470 g/mol. The van der Waals surface area contributed by atoms with Crippen molar-refractivity contribution in [3.63, 3.8) is 0 Å². The predicted octanol–water partition coefficient (Wildman–Crippen LogP) is 3.75. The van der Waals surface area contributed by atoms with Crippen molar-refractivity contribution in [1.82, 2.24) is 19.6 Å². The lowest BCUT2D eigenvalue weighted by Gasteiger charge is -2.07. The van der Waals surface area contributed by atoms with Crippen LogP contribution in [0.2, 0.25) is 0 Å². The number of rotatable bonds is 7. The first-order valence-corrected chi connectivity index (χ1v) is 11.6. The minimum Gasteiger partial charge on any atom is -0.462 e. The van der Waals surface area contributed by atoms with Crippen LogP contribution in [0.3, 0.4) is 0 Å². The number of amides is 1. The molecule has 11 heteroatoms. The average molecular weight is 494 g/mol. The van der Waals surface area contributed by atoms with Crippen molar-refractivity contribution in [1.29, 1.82) is 0 Å². The number of carbonyl (C=O) groups is 3. The van der Waals surface area contributed by atoms with Crippen molar-refractivity contribution in [3.8, 4) is 10.4 Å². The number of anilines is 1. The third kappa shape index (κ3) is 5.04. The first kappa shape index (κ1) is 24.0. The van der Waals surface area contributed by atoms with Crippen LogP contribution in [0.15, 0.2) is 36.4 Å². The van der Waals surface area contributed by atoms with E-state index in [0.29, 0.717) is 10.6 Å². The predicted molar refractivity (Wildman–Crippen MR) is 130 cm³/mol. The topological polar surface area (TPSA) is 125 Å². The van der Waals surface area contributed by atoms with Crippen LogP contribution >= 0.6 is 11.3 Å². The molecule has 0 saturated heterocycles. The third-order valence-electron chi connectivity index (χ3n) is 5.05. The van der Waals surface area contributed by atoms with Crippen LogP contribution in [-0.4, -0.2) is 50.6 Å². The Bertz CT molecular complexity index is 1430. The molecule has 0 aliphatic heterocycles. The van der Waals surface area contributed by atoms with Crippen LogP contribution in [0.5, 0.6) is 0 Å². The van der Waals surface area contributed by atoms with Gasteiger partial charge in [-0.05, 0) is 44.9 Å². The Balaban J connectivity index is 1.51. The molecule has 3 heterocycles. The summed E-state index contributed by atoms with van der Waals surface area (Å²) in [4.78, 5) is 46.8. The molecule has 0 atom stereocenters. The first-order valence-electron chi connectivity index (χ1n) is 10.8. The smallest absolute Gasteiger partial charge is 0.378 e. The number of carbonyl (C=O) groups excluding carboxylic acids is 3.